The number of thioether (sulfide) groups is 1. The number of ether oxygens (including phenoxy) is 1. The Hall–Kier alpha value is -0.700. The summed E-state index contributed by atoms with van der Waals surface area (Å²) in [5, 5.41) is 2.77. The lowest BCUT2D eigenvalue weighted by atomic mass is 10.1. The molecule has 0 saturated heterocycles. The summed E-state index contributed by atoms with van der Waals surface area (Å²) in [6.45, 7) is 1.25. The topological polar surface area (TPSA) is 64.4 Å². The normalized spacial score (nSPS) is 11.8. The minimum absolute atomic E-state index is 0.0996. The molecule has 0 aromatic rings. The minimum atomic E-state index is -0.437. The third kappa shape index (κ3) is 8.60. The molecule has 0 spiro atoms. The van der Waals surface area contributed by atoms with Gasteiger partial charge in [-0.15, -0.1) is 18.2 Å². The molecule has 1 unspecified atom stereocenters. The Morgan fingerprint density at radius 2 is 2.44 bits per heavy atom. The van der Waals surface area contributed by atoms with Crippen molar-refractivity contribution < 1.29 is 9.53 Å². The van der Waals surface area contributed by atoms with Gasteiger partial charge in [0.15, 0.2) is 0 Å². The minimum Gasteiger partial charge on any atom is -0.385 e. The van der Waals surface area contributed by atoms with Gasteiger partial charge in [-0.05, 0) is 12.8 Å². The molecule has 16 heavy (non-hydrogen) atoms. The van der Waals surface area contributed by atoms with Crippen LogP contribution in [0.4, 0.5) is 0 Å². The van der Waals surface area contributed by atoms with Gasteiger partial charge in [0, 0.05) is 26.0 Å². The van der Waals surface area contributed by atoms with Crippen LogP contribution in [-0.4, -0.2) is 43.7 Å². The molecular weight excluding hydrogens is 224 g/mol. The molecule has 0 rings (SSSR count). The lowest BCUT2D eigenvalue weighted by Gasteiger charge is -2.11. The summed E-state index contributed by atoms with van der Waals surface area (Å²) in [6, 6.07) is -0.437. The third-order valence-electron chi connectivity index (χ3n) is 1.93. The summed E-state index contributed by atoms with van der Waals surface area (Å²) in [6.07, 6.45) is 6.55. The highest BCUT2D eigenvalue weighted by Crippen LogP contribution is 1.97. The number of hydrogen-bond acceptors (Lipinski definition) is 4. The number of terminal acetylenes is 1. The molecule has 0 fully saturated rings. The first-order valence-electron chi connectivity index (χ1n) is 5.25. The predicted octanol–water partition coefficient (Wildman–Crippen LogP) is 0.223. The van der Waals surface area contributed by atoms with Gasteiger partial charge in [-0.2, -0.15) is 0 Å². The fourth-order valence-electron chi connectivity index (χ4n) is 1.09. The van der Waals surface area contributed by atoms with Crippen LogP contribution in [0.25, 0.3) is 0 Å². The third-order valence-corrected chi connectivity index (χ3v) is 2.79. The van der Waals surface area contributed by atoms with Crippen LogP contribution in [-0.2, 0) is 9.53 Å². The van der Waals surface area contributed by atoms with Crippen molar-refractivity contribution in [1.82, 2.24) is 5.32 Å². The van der Waals surface area contributed by atoms with E-state index in [0.29, 0.717) is 25.3 Å². The maximum atomic E-state index is 11.4. The van der Waals surface area contributed by atoms with E-state index in [1.165, 1.54) is 0 Å². The lowest BCUT2D eigenvalue weighted by molar-refractivity contribution is -0.122. The largest absolute Gasteiger partial charge is 0.385 e. The number of nitrogens with one attached hydrogen (secondary N) is 1. The smallest absolute Gasteiger partial charge is 0.236 e. The van der Waals surface area contributed by atoms with Gasteiger partial charge in [-0.1, -0.05) is 5.92 Å². The first kappa shape index (κ1) is 15.3. The van der Waals surface area contributed by atoms with Gasteiger partial charge < -0.3 is 15.8 Å². The lowest BCUT2D eigenvalue weighted by Crippen LogP contribution is -2.41. The van der Waals surface area contributed by atoms with Crippen molar-refractivity contribution >= 4 is 17.7 Å². The highest BCUT2D eigenvalue weighted by molar-refractivity contribution is 7.99. The maximum absolute atomic E-state index is 11.4. The summed E-state index contributed by atoms with van der Waals surface area (Å²) in [7, 11) is 1.63. The molecule has 0 saturated carbocycles. The summed E-state index contributed by atoms with van der Waals surface area (Å²) < 4.78 is 4.89. The first-order valence-corrected chi connectivity index (χ1v) is 6.41. The van der Waals surface area contributed by atoms with E-state index in [0.717, 1.165) is 12.2 Å². The van der Waals surface area contributed by atoms with Gasteiger partial charge >= 0.3 is 0 Å². The molecule has 0 aliphatic heterocycles. The van der Waals surface area contributed by atoms with E-state index < -0.39 is 6.04 Å². The van der Waals surface area contributed by atoms with Gasteiger partial charge in [-0.3, -0.25) is 4.79 Å². The van der Waals surface area contributed by atoms with Crippen LogP contribution >= 0.6 is 11.8 Å². The molecule has 3 N–H and O–H groups in total. The maximum Gasteiger partial charge on any atom is 0.236 e. The van der Waals surface area contributed by atoms with Gasteiger partial charge in [0.1, 0.15) is 0 Å². The van der Waals surface area contributed by atoms with Crippen LogP contribution in [0.15, 0.2) is 0 Å². The Bertz CT molecular complexity index is 229. The number of hydrogen-bond donors (Lipinski definition) is 2. The predicted molar refractivity (Wildman–Crippen MR) is 68.3 cm³/mol. The fourth-order valence-corrected chi connectivity index (χ4v) is 1.60. The van der Waals surface area contributed by atoms with E-state index >= 15 is 0 Å². The standard InChI is InChI=1S/C11H20N2O2S/c1-3-8-16-9-6-13-11(14)10(12)5-4-7-15-2/h1,10H,4-9,12H2,2H3,(H,13,14). The average Bonchev–Trinajstić information content (AvgIpc) is 2.28. The van der Waals surface area contributed by atoms with Gasteiger partial charge in [0.2, 0.25) is 5.91 Å². The molecular formula is C11H20N2O2S. The van der Waals surface area contributed by atoms with Gasteiger partial charge in [0.05, 0.1) is 11.8 Å². The molecule has 0 aromatic heterocycles. The van der Waals surface area contributed by atoms with Crippen LogP contribution in [0.1, 0.15) is 12.8 Å². The molecule has 0 aromatic carbocycles. The zero-order valence-corrected chi connectivity index (χ0v) is 10.5. The second kappa shape index (κ2) is 10.8. The van der Waals surface area contributed by atoms with Crippen LogP contribution in [0.3, 0.4) is 0 Å². The van der Waals surface area contributed by atoms with E-state index in [1.54, 1.807) is 18.9 Å². The average molecular weight is 244 g/mol. The molecule has 0 aliphatic carbocycles. The SMILES string of the molecule is C#CCSCCNC(=O)C(N)CCCOC. The summed E-state index contributed by atoms with van der Waals surface area (Å²) in [5.74, 6) is 3.92. The second-order valence-corrected chi connectivity index (χ2v) is 4.39. The van der Waals surface area contributed by atoms with E-state index in [2.05, 4.69) is 11.2 Å². The summed E-state index contributed by atoms with van der Waals surface area (Å²) in [5.41, 5.74) is 5.69. The monoisotopic (exact) mass is 244 g/mol. The molecule has 0 aliphatic rings. The van der Waals surface area contributed by atoms with E-state index in [-0.39, 0.29) is 5.91 Å². The van der Waals surface area contributed by atoms with Crippen molar-refractivity contribution in [2.75, 3.05) is 31.8 Å². The van der Waals surface area contributed by atoms with E-state index in [9.17, 15) is 4.79 Å². The Labute approximate surface area is 102 Å². The van der Waals surface area contributed by atoms with Crippen LogP contribution in [0.2, 0.25) is 0 Å². The molecule has 4 nitrogen and oxygen atoms in total. The number of rotatable bonds is 9. The molecule has 0 radical (unpaired) electrons. The molecule has 0 bridgehead atoms. The van der Waals surface area contributed by atoms with Crippen molar-refractivity contribution in [3.63, 3.8) is 0 Å². The van der Waals surface area contributed by atoms with Gasteiger partial charge in [-0.25, -0.2) is 0 Å². The van der Waals surface area contributed by atoms with Crippen molar-refractivity contribution in [1.29, 1.82) is 0 Å². The van der Waals surface area contributed by atoms with Crippen LogP contribution in [0.5, 0.6) is 0 Å². The zero-order chi connectivity index (χ0) is 12.2. The Morgan fingerprint density at radius 1 is 1.69 bits per heavy atom. The molecule has 0 heterocycles. The molecule has 5 heteroatoms. The Balaban J connectivity index is 3.44. The van der Waals surface area contributed by atoms with Crippen molar-refractivity contribution in [3.8, 4) is 12.3 Å². The quantitative estimate of drug-likeness (QED) is 0.450. The highest BCUT2D eigenvalue weighted by Gasteiger charge is 2.11. The molecule has 1 amide bonds. The number of carbonyl (C=O) groups is 1. The van der Waals surface area contributed by atoms with Gasteiger partial charge in [0.25, 0.3) is 0 Å². The Morgan fingerprint density at radius 3 is 3.06 bits per heavy atom. The van der Waals surface area contributed by atoms with Crippen LogP contribution < -0.4 is 11.1 Å². The van der Waals surface area contributed by atoms with Crippen molar-refractivity contribution in [2.24, 2.45) is 5.73 Å². The number of nitrogens with two attached hydrogens (primary N) is 1. The van der Waals surface area contributed by atoms with Crippen LogP contribution in [0, 0.1) is 12.3 Å². The summed E-state index contributed by atoms with van der Waals surface area (Å²) in [4.78, 5) is 11.4. The molecule has 1 atom stereocenters. The number of carbonyl (C=O) groups excluding carboxylic acids is 1. The molecule has 92 valence electrons. The number of amides is 1. The van der Waals surface area contributed by atoms with E-state index in [4.69, 9.17) is 16.9 Å². The fraction of sp³-hybridized carbons (Fsp3) is 0.727. The van der Waals surface area contributed by atoms with Crippen molar-refractivity contribution in [2.45, 2.75) is 18.9 Å². The first-order chi connectivity index (χ1) is 7.72. The number of methoxy groups -OCH3 is 1. The van der Waals surface area contributed by atoms with Crippen molar-refractivity contribution in [3.05, 3.63) is 0 Å². The zero-order valence-electron chi connectivity index (χ0n) is 9.70. The summed E-state index contributed by atoms with van der Waals surface area (Å²) >= 11 is 1.62. The highest BCUT2D eigenvalue weighted by atomic mass is 32.2. The van der Waals surface area contributed by atoms with E-state index in [1.807, 2.05) is 0 Å². The second-order valence-electron chi connectivity index (χ2n) is 3.29. The Kier molecular flexibility index (Phi) is 10.3.